The first-order valence-corrected chi connectivity index (χ1v) is 5.37. The summed E-state index contributed by atoms with van der Waals surface area (Å²) in [6.45, 7) is 15.9. The molecule has 0 atom stereocenters. The summed E-state index contributed by atoms with van der Waals surface area (Å²) in [5.41, 5.74) is 2.68. The summed E-state index contributed by atoms with van der Waals surface area (Å²) in [6.07, 6.45) is 8.10. The van der Waals surface area contributed by atoms with Crippen molar-refractivity contribution in [2.45, 2.75) is 40.5 Å². The zero-order chi connectivity index (χ0) is 11.9. The van der Waals surface area contributed by atoms with Crippen molar-refractivity contribution in [3.8, 4) is 0 Å². The van der Waals surface area contributed by atoms with E-state index in [0.29, 0.717) is 5.41 Å². The monoisotopic (exact) mass is 205 g/mol. The number of hydrogen-bond donors (Lipinski definition) is 0. The second-order valence-corrected chi connectivity index (χ2v) is 5.21. The van der Waals surface area contributed by atoms with Crippen LogP contribution in [0.25, 0.3) is 0 Å². The Hall–Kier alpha value is -1.11. The van der Waals surface area contributed by atoms with Crippen LogP contribution in [0.15, 0.2) is 41.1 Å². The smallest absolute Gasteiger partial charge is 0.0651 e. The van der Waals surface area contributed by atoms with Gasteiger partial charge >= 0.3 is 0 Å². The predicted molar refractivity (Wildman–Crippen MR) is 70.3 cm³/mol. The standard InChI is InChI=1S/C9H11N.C5H12/c1-3-8-6-4-5-7-9(8)10-2;1-5(2,3)4/h3,5,7H,1-2,4,6H2;1-4H3. The van der Waals surface area contributed by atoms with E-state index in [1.807, 2.05) is 12.2 Å². The second kappa shape index (κ2) is 6.39. The Labute approximate surface area is 94.3 Å². The average Bonchev–Trinajstić information content (AvgIpc) is 2.15. The number of hydrogen-bond acceptors (Lipinski definition) is 1. The highest BCUT2D eigenvalue weighted by atomic mass is 14.7. The minimum Gasteiger partial charge on any atom is -0.264 e. The van der Waals surface area contributed by atoms with E-state index < -0.39 is 0 Å². The summed E-state index contributed by atoms with van der Waals surface area (Å²) >= 11 is 0. The molecule has 0 aromatic heterocycles. The van der Waals surface area contributed by atoms with Crippen molar-refractivity contribution in [3.63, 3.8) is 0 Å². The molecule has 0 N–H and O–H groups in total. The highest BCUT2D eigenvalue weighted by Crippen LogP contribution is 2.19. The number of nitrogens with zero attached hydrogens (tertiary/aromatic N) is 1. The molecule has 0 heterocycles. The fourth-order valence-electron chi connectivity index (χ4n) is 1.03. The molecule has 0 aliphatic heterocycles. The van der Waals surface area contributed by atoms with Crippen molar-refractivity contribution >= 4 is 6.72 Å². The Morgan fingerprint density at radius 1 is 1.33 bits per heavy atom. The minimum absolute atomic E-state index is 0.500. The van der Waals surface area contributed by atoms with Gasteiger partial charge in [0, 0.05) is 0 Å². The Kier molecular flexibility index (Phi) is 5.92. The molecule has 1 aliphatic rings. The maximum Gasteiger partial charge on any atom is 0.0651 e. The van der Waals surface area contributed by atoms with E-state index >= 15 is 0 Å². The number of aliphatic imine (C=N–C) groups is 1. The normalized spacial score (nSPS) is 15.5. The highest BCUT2D eigenvalue weighted by Gasteiger charge is 2.01. The summed E-state index contributed by atoms with van der Waals surface area (Å²) in [5, 5.41) is 0. The van der Waals surface area contributed by atoms with Crippen LogP contribution in [0.4, 0.5) is 0 Å². The summed E-state index contributed by atoms with van der Waals surface area (Å²) in [7, 11) is 0. The Bertz CT molecular complexity index is 268. The van der Waals surface area contributed by atoms with Crippen molar-refractivity contribution in [2.24, 2.45) is 10.4 Å². The number of allylic oxidation sites excluding steroid dienone is 4. The van der Waals surface area contributed by atoms with Gasteiger partial charge in [0.1, 0.15) is 0 Å². The lowest BCUT2D eigenvalue weighted by Crippen LogP contribution is -1.93. The first kappa shape index (κ1) is 13.9. The predicted octanol–water partition coefficient (Wildman–Crippen LogP) is 4.53. The molecular weight excluding hydrogens is 182 g/mol. The maximum absolute atomic E-state index is 3.87. The first-order chi connectivity index (χ1) is 6.88. The van der Waals surface area contributed by atoms with Crippen molar-refractivity contribution in [2.75, 3.05) is 0 Å². The van der Waals surface area contributed by atoms with Crippen molar-refractivity contribution in [3.05, 3.63) is 36.1 Å². The molecule has 0 saturated heterocycles. The summed E-state index contributed by atoms with van der Waals surface area (Å²) in [5.74, 6) is 0. The molecule has 0 amide bonds. The van der Waals surface area contributed by atoms with Crippen LogP contribution < -0.4 is 0 Å². The van der Waals surface area contributed by atoms with Gasteiger partial charge in [0.25, 0.3) is 0 Å². The summed E-state index contributed by atoms with van der Waals surface area (Å²) in [6, 6.07) is 0. The van der Waals surface area contributed by atoms with Crippen LogP contribution in [0, 0.1) is 5.41 Å². The van der Waals surface area contributed by atoms with Gasteiger partial charge in [0.15, 0.2) is 0 Å². The van der Waals surface area contributed by atoms with Crippen molar-refractivity contribution < 1.29 is 0 Å². The fraction of sp³-hybridized carbons (Fsp3) is 0.500. The van der Waals surface area contributed by atoms with Crippen molar-refractivity contribution in [1.29, 1.82) is 0 Å². The van der Waals surface area contributed by atoms with Gasteiger partial charge in [-0.05, 0) is 36.6 Å². The summed E-state index contributed by atoms with van der Waals surface area (Å²) < 4.78 is 0. The second-order valence-electron chi connectivity index (χ2n) is 5.21. The maximum atomic E-state index is 3.87. The molecule has 15 heavy (non-hydrogen) atoms. The molecule has 1 heteroatoms. The Morgan fingerprint density at radius 2 is 1.87 bits per heavy atom. The van der Waals surface area contributed by atoms with E-state index in [1.165, 1.54) is 5.57 Å². The molecule has 0 saturated carbocycles. The zero-order valence-corrected chi connectivity index (χ0v) is 10.5. The molecule has 0 spiro atoms. The van der Waals surface area contributed by atoms with Crippen LogP contribution in [0.2, 0.25) is 0 Å². The third kappa shape index (κ3) is 7.92. The molecule has 0 aromatic carbocycles. The lowest BCUT2D eigenvalue weighted by molar-refractivity contribution is 0.469. The van der Waals surface area contributed by atoms with E-state index in [2.05, 4.69) is 52.1 Å². The molecule has 1 aliphatic carbocycles. The molecule has 0 unspecified atom stereocenters. The van der Waals surface area contributed by atoms with Gasteiger partial charge in [-0.3, -0.25) is 4.99 Å². The van der Waals surface area contributed by atoms with Gasteiger partial charge in [-0.15, -0.1) is 0 Å². The molecular formula is C14H23N. The first-order valence-electron chi connectivity index (χ1n) is 5.37. The van der Waals surface area contributed by atoms with Crippen LogP contribution in [0.1, 0.15) is 40.5 Å². The third-order valence-corrected chi connectivity index (χ3v) is 1.60. The third-order valence-electron chi connectivity index (χ3n) is 1.60. The van der Waals surface area contributed by atoms with Gasteiger partial charge in [0.05, 0.1) is 5.70 Å². The largest absolute Gasteiger partial charge is 0.264 e. The molecule has 0 aromatic rings. The quantitative estimate of drug-likeness (QED) is 0.587. The van der Waals surface area contributed by atoms with Crippen LogP contribution in [0.5, 0.6) is 0 Å². The molecule has 1 rings (SSSR count). The number of rotatable bonds is 2. The lowest BCUT2D eigenvalue weighted by Gasteiger charge is -2.07. The lowest BCUT2D eigenvalue weighted by atomic mass is 10.0. The highest BCUT2D eigenvalue weighted by molar-refractivity contribution is 5.40. The van der Waals surface area contributed by atoms with Crippen molar-refractivity contribution in [1.82, 2.24) is 0 Å². The molecule has 1 nitrogen and oxygen atoms in total. The Morgan fingerprint density at radius 3 is 2.20 bits per heavy atom. The molecule has 84 valence electrons. The zero-order valence-electron chi connectivity index (χ0n) is 10.5. The summed E-state index contributed by atoms with van der Waals surface area (Å²) in [4.78, 5) is 3.87. The van der Waals surface area contributed by atoms with E-state index in [1.54, 1.807) is 0 Å². The van der Waals surface area contributed by atoms with E-state index in [-0.39, 0.29) is 0 Å². The molecule has 0 bridgehead atoms. The van der Waals surface area contributed by atoms with Gasteiger partial charge in [-0.25, -0.2) is 0 Å². The van der Waals surface area contributed by atoms with Gasteiger partial charge in [0.2, 0.25) is 0 Å². The van der Waals surface area contributed by atoms with Crippen LogP contribution in [0.3, 0.4) is 0 Å². The van der Waals surface area contributed by atoms with Gasteiger partial charge < -0.3 is 0 Å². The Balaban J connectivity index is 0.000000336. The van der Waals surface area contributed by atoms with Gasteiger partial charge in [-0.1, -0.05) is 46.4 Å². The minimum atomic E-state index is 0.500. The fourth-order valence-corrected chi connectivity index (χ4v) is 1.03. The van der Waals surface area contributed by atoms with Crippen LogP contribution in [-0.2, 0) is 0 Å². The van der Waals surface area contributed by atoms with E-state index in [9.17, 15) is 0 Å². The van der Waals surface area contributed by atoms with Crippen LogP contribution in [-0.4, -0.2) is 6.72 Å². The molecule has 0 radical (unpaired) electrons. The van der Waals surface area contributed by atoms with E-state index in [0.717, 1.165) is 18.5 Å². The van der Waals surface area contributed by atoms with Gasteiger partial charge in [-0.2, -0.15) is 0 Å². The van der Waals surface area contributed by atoms with Crippen LogP contribution >= 0.6 is 0 Å². The topological polar surface area (TPSA) is 12.4 Å². The average molecular weight is 205 g/mol. The molecule has 0 fully saturated rings. The SMILES string of the molecule is C=CC1=C(N=C)C=CCC1.CC(C)(C)C. The van der Waals surface area contributed by atoms with E-state index in [4.69, 9.17) is 0 Å².